The number of aromatic nitrogens is 1. The van der Waals surface area contributed by atoms with Gasteiger partial charge in [0.2, 0.25) is 6.79 Å². The molecular weight excluding hydrogens is 957 g/mol. The highest BCUT2D eigenvalue weighted by Crippen LogP contribution is 2.36. The Morgan fingerprint density at radius 3 is 2.46 bits per heavy atom. The molecule has 1 aromatic heterocycles. The number of oxime groups is 1. The van der Waals surface area contributed by atoms with Gasteiger partial charge in [0.05, 0.1) is 86.2 Å². The second-order valence-corrected chi connectivity index (χ2v) is 20.4. The molecule has 0 spiro atoms. The number of ketones is 1. The highest BCUT2D eigenvalue weighted by molar-refractivity contribution is 7.22. The second kappa shape index (κ2) is 27.7. The number of nitrogen functional groups attached to an aromatic ring is 1. The van der Waals surface area contributed by atoms with Gasteiger partial charge < -0.3 is 78.2 Å². The number of nitrogens with two attached hydrogens (primary N) is 1. The van der Waals surface area contributed by atoms with E-state index in [4.69, 9.17) is 57.9 Å². The fraction of sp³-hybridized carbons (Fsp3) is 0.686. The number of esters is 1. The van der Waals surface area contributed by atoms with Gasteiger partial charge >= 0.3 is 5.97 Å². The van der Waals surface area contributed by atoms with Crippen LogP contribution in [0.1, 0.15) is 59.4 Å². The first kappa shape index (κ1) is 57.5. The maximum absolute atomic E-state index is 14.1. The molecule has 1 aromatic carbocycles. The summed E-state index contributed by atoms with van der Waals surface area (Å²) in [6.45, 7) is 9.17. The van der Waals surface area contributed by atoms with Crippen LogP contribution in [0.3, 0.4) is 0 Å². The van der Waals surface area contributed by atoms with Gasteiger partial charge in [-0.1, -0.05) is 66.3 Å². The predicted molar refractivity (Wildman–Crippen MR) is 268 cm³/mol. The van der Waals surface area contributed by atoms with Gasteiger partial charge in [-0.15, -0.1) is 0 Å². The standard InChI is InChI=1S/C51H76N4O16S/c1-28-12-15-38(56)29(2)20-35-16-18-63-25-36(54-68-27-64-17-10-11-33-13-14-37-40(21-33)72-51(52)53-37)26-65-39(30(3)46(35)71-49-45(60)42(55(6)7)43(58)31(4)69-49)22-41(57)66-23-34(19-28)24-67-50-48(62-9)47(61-8)44(59)32(5)70-50/h10-15,19,21,29-32,34-35,39,42-50,58-60H,16-18,20,22-27H2,1-9H3,(H2,52,53)/b11-10+,15-12+,28-19+,54-36+/t29-,30+,31-,32-,34+,35?,39-,42+,43-,44-,45-,46-,47-,48-,49+,50-/m1/s1. The zero-order valence-electron chi connectivity index (χ0n) is 42.9. The Morgan fingerprint density at radius 2 is 1.71 bits per heavy atom. The Morgan fingerprint density at radius 1 is 0.958 bits per heavy atom. The number of aliphatic hydroxyl groups is 3. The number of rotatable bonds is 14. The van der Waals surface area contributed by atoms with E-state index in [-0.39, 0.29) is 64.6 Å². The van der Waals surface area contributed by atoms with Crippen LogP contribution in [0.15, 0.2) is 53.2 Å². The molecule has 0 saturated carbocycles. The zero-order valence-corrected chi connectivity index (χ0v) is 43.7. The van der Waals surface area contributed by atoms with Crippen LogP contribution >= 0.6 is 11.3 Å². The summed E-state index contributed by atoms with van der Waals surface area (Å²) in [6, 6.07) is 5.15. The van der Waals surface area contributed by atoms with Crippen LogP contribution < -0.4 is 5.73 Å². The first-order valence-electron chi connectivity index (χ1n) is 24.6. The van der Waals surface area contributed by atoms with Crippen molar-refractivity contribution in [1.82, 2.24) is 9.88 Å². The molecule has 0 amide bonds. The lowest BCUT2D eigenvalue weighted by atomic mass is 9.79. The Hall–Kier alpha value is -3.78. The molecule has 21 heteroatoms. The van der Waals surface area contributed by atoms with Gasteiger partial charge in [0.1, 0.15) is 30.1 Å². The molecule has 402 valence electrons. The number of carbonyl (C=O) groups is 2. The maximum Gasteiger partial charge on any atom is 0.308 e. The molecule has 6 rings (SSSR count). The smallest absolute Gasteiger partial charge is 0.308 e. The molecule has 3 fully saturated rings. The minimum absolute atomic E-state index is 0.0186. The molecule has 5 N–H and O–H groups in total. The Labute approximate surface area is 426 Å². The van der Waals surface area contributed by atoms with Crippen LogP contribution in [-0.4, -0.2) is 191 Å². The fourth-order valence-corrected chi connectivity index (χ4v) is 10.4. The van der Waals surface area contributed by atoms with Gasteiger partial charge in [-0.05, 0) is 77.4 Å². The third-order valence-electron chi connectivity index (χ3n) is 13.7. The normalized spacial score (nSPS) is 36.8. The van der Waals surface area contributed by atoms with E-state index in [1.165, 1.54) is 31.6 Å². The van der Waals surface area contributed by atoms with Crippen molar-refractivity contribution in [3.63, 3.8) is 0 Å². The summed E-state index contributed by atoms with van der Waals surface area (Å²) in [6.07, 6.45) is -0.314. The third-order valence-corrected chi connectivity index (χ3v) is 14.5. The van der Waals surface area contributed by atoms with E-state index in [0.29, 0.717) is 23.7 Å². The first-order valence-corrected chi connectivity index (χ1v) is 25.5. The summed E-state index contributed by atoms with van der Waals surface area (Å²) in [4.78, 5) is 39.7. The van der Waals surface area contributed by atoms with Crippen LogP contribution in [0.4, 0.5) is 5.13 Å². The number of nitrogens with zero attached hydrogens (tertiary/aromatic N) is 3. The highest BCUT2D eigenvalue weighted by atomic mass is 32.1. The molecule has 2 aromatic rings. The van der Waals surface area contributed by atoms with Crippen molar-refractivity contribution >= 4 is 50.2 Å². The van der Waals surface area contributed by atoms with E-state index in [1.807, 2.05) is 57.2 Å². The van der Waals surface area contributed by atoms with E-state index in [0.717, 1.165) is 21.4 Å². The van der Waals surface area contributed by atoms with Crippen molar-refractivity contribution in [3.8, 4) is 0 Å². The van der Waals surface area contributed by atoms with E-state index < -0.39 is 97.3 Å². The van der Waals surface area contributed by atoms with E-state index in [9.17, 15) is 24.9 Å². The number of allylic oxidation sites excluding steroid dienone is 3. The minimum Gasteiger partial charge on any atom is -0.465 e. The van der Waals surface area contributed by atoms with Crippen LogP contribution in [-0.2, 0) is 61.8 Å². The van der Waals surface area contributed by atoms with Crippen molar-refractivity contribution in [2.75, 3.05) is 80.5 Å². The van der Waals surface area contributed by atoms with E-state index in [1.54, 1.807) is 38.9 Å². The summed E-state index contributed by atoms with van der Waals surface area (Å²) < 4.78 is 61.9. The number of thiazole rings is 1. The van der Waals surface area contributed by atoms with Crippen molar-refractivity contribution in [1.29, 1.82) is 0 Å². The van der Waals surface area contributed by atoms with Gasteiger partial charge in [0.25, 0.3) is 0 Å². The monoisotopic (exact) mass is 1030 g/mol. The van der Waals surface area contributed by atoms with Gasteiger partial charge in [0, 0.05) is 38.6 Å². The number of anilines is 1. The SMILES string of the molecule is CO[C@@H]1[C@H](O)[C@@H](C)O[C@@H](OC[C@H]2/C=C(C)/C=C/C(=O)[C@H](C)CC3CCOC/C(=N\OCOC/C=C/c4ccc5nc(N)sc5c4)CO[C@H](CC(=O)OC2)[C@H](C)[C@H]3O[C@@H]2O[C@H](C)[C@@H](O)[C@H](N(C)C)[C@H]2O)[C@@H]1OC. The second-order valence-electron chi connectivity index (χ2n) is 19.4. The highest BCUT2D eigenvalue weighted by Gasteiger charge is 2.48. The molecule has 5 heterocycles. The van der Waals surface area contributed by atoms with Gasteiger partial charge in [-0.25, -0.2) is 4.98 Å². The Balaban J connectivity index is 1.23. The van der Waals surface area contributed by atoms with Gasteiger partial charge in [-0.2, -0.15) is 0 Å². The number of likely N-dealkylation sites (N-methyl/N-ethyl adjacent to an activating group) is 1. The predicted octanol–water partition coefficient (Wildman–Crippen LogP) is 3.89. The largest absolute Gasteiger partial charge is 0.465 e. The fourth-order valence-electron chi connectivity index (χ4n) is 9.62. The lowest BCUT2D eigenvalue weighted by Crippen LogP contribution is -2.63. The molecule has 4 aliphatic rings. The Bertz CT molecular complexity index is 2170. The summed E-state index contributed by atoms with van der Waals surface area (Å²) in [5.74, 6) is -2.66. The van der Waals surface area contributed by atoms with Crippen molar-refractivity contribution < 1.29 is 77.1 Å². The number of methoxy groups -OCH3 is 2. The number of hydrogen-bond donors (Lipinski definition) is 4. The number of benzene rings is 1. The van der Waals surface area contributed by atoms with Crippen LogP contribution in [0, 0.1) is 23.7 Å². The molecule has 16 atom stereocenters. The topological polar surface area (TPSA) is 251 Å². The van der Waals surface area contributed by atoms with Gasteiger partial charge in [-0.3, -0.25) is 9.59 Å². The number of carbonyl (C=O) groups excluding carboxylic acids is 2. The molecular formula is C51H76N4O16S. The molecule has 2 bridgehead atoms. The van der Waals surface area contributed by atoms with Crippen LogP contribution in [0.2, 0.25) is 0 Å². The number of cyclic esters (lactones) is 1. The lowest BCUT2D eigenvalue weighted by Gasteiger charge is -2.47. The van der Waals surface area contributed by atoms with Crippen molar-refractivity contribution in [2.45, 2.75) is 127 Å². The van der Waals surface area contributed by atoms with Crippen molar-refractivity contribution in [3.05, 3.63) is 53.6 Å². The average Bonchev–Trinajstić information content (AvgIpc) is 3.72. The third kappa shape index (κ3) is 15.6. The molecule has 0 radical (unpaired) electrons. The van der Waals surface area contributed by atoms with Gasteiger partial charge in [0.15, 0.2) is 23.5 Å². The number of hydrogen-bond acceptors (Lipinski definition) is 21. The first-order chi connectivity index (χ1) is 34.5. The Kier molecular flexibility index (Phi) is 22.1. The van der Waals surface area contributed by atoms with E-state index in [2.05, 4.69) is 10.1 Å². The maximum atomic E-state index is 14.1. The minimum atomic E-state index is -1.26. The molecule has 0 aliphatic carbocycles. The molecule has 1 unspecified atom stereocenters. The quantitative estimate of drug-likeness (QED) is 0.0907. The number of fused-ring (bicyclic) bond motifs is 4. The zero-order chi connectivity index (χ0) is 52.1. The molecule has 72 heavy (non-hydrogen) atoms. The summed E-state index contributed by atoms with van der Waals surface area (Å²) in [7, 11) is 6.48. The molecule has 20 nitrogen and oxygen atoms in total. The number of ether oxygens (including phenoxy) is 10. The summed E-state index contributed by atoms with van der Waals surface area (Å²) in [5, 5.41) is 38.3. The molecule has 3 saturated heterocycles. The van der Waals surface area contributed by atoms with E-state index >= 15 is 0 Å². The van der Waals surface area contributed by atoms with Crippen LogP contribution in [0.5, 0.6) is 0 Å². The molecule has 4 aliphatic heterocycles. The number of aliphatic hydroxyl groups excluding tert-OH is 3. The lowest BCUT2D eigenvalue weighted by molar-refractivity contribution is -0.305. The summed E-state index contributed by atoms with van der Waals surface area (Å²) in [5.41, 5.74) is 8.80. The average molecular weight is 1030 g/mol. The van der Waals surface area contributed by atoms with Crippen LogP contribution in [0.25, 0.3) is 16.3 Å². The summed E-state index contributed by atoms with van der Waals surface area (Å²) >= 11 is 1.42. The van der Waals surface area contributed by atoms with Crippen molar-refractivity contribution in [2.24, 2.45) is 28.8 Å².